The highest BCUT2D eigenvalue weighted by atomic mass is 35.5. The highest BCUT2D eigenvalue weighted by Gasteiger charge is 2.12. The minimum Gasteiger partial charge on any atom is -0.394 e. The van der Waals surface area contributed by atoms with Crippen LogP contribution in [0.1, 0.15) is 19.5 Å². The lowest BCUT2D eigenvalue weighted by molar-refractivity contribution is 0.634. The van der Waals surface area contributed by atoms with Crippen molar-refractivity contribution in [1.82, 2.24) is 9.97 Å². The molecule has 0 saturated heterocycles. The van der Waals surface area contributed by atoms with E-state index in [1.165, 1.54) is 0 Å². The van der Waals surface area contributed by atoms with E-state index in [1.807, 2.05) is 18.9 Å². The summed E-state index contributed by atoms with van der Waals surface area (Å²) >= 11 is 5.80. The van der Waals surface area contributed by atoms with Gasteiger partial charge in [-0.1, -0.05) is 13.8 Å². The smallest absolute Gasteiger partial charge is 0.224 e. The summed E-state index contributed by atoms with van der Waals surface area (Å²) < 4.78 is 0. The van der Waals surface area contributed by atoms with E-state index in [9.17, 15) is 0 Å². The molecule has 4 nitrogen and oxygen atoms in total. The van der Waals surface area contributed by atoms with E-state index in [2.05, 4.69) is 23.8 Å². The standard InChI is InChI=1S/C10H17ClN4/c1-6(2)5-15(4)9-8(12)7(3)13-10(11)14-9/h6H,5,12H2,1-4H3. The van der Waals surface area contributed by atoms with Crippen LogP contribution in [-0.4, -0.2) is 23.6 Å². The monoisotopic (exact) mass is 228 g/mol. The maximum atomic E-state index is 5.90. The van der Waals surface area contributed by atoms with Gasteiger partial charge in [0, 0.05) is 13.6 Å². The first-order chi connectivity index (χ1) is 6.91. The van der Waals surface area contributed by atoms with Crippen LogP contribution in [0.4, 0.5) is 11.5 Å². The lowest BCUT2D eigenvalue weighted by Crippen LogP contribution is -2.25. The first-order valence-electron chi connectivity index (χ1n) is 4.92. The largest absolute Gasteiger partial charge is 0.394 e. The van der Waals surface area contributed by atoms with Gasteiger partial charge in [-0.15, -0.1) is 0 Å². The molecule has 0 aliphatic heterocycles. The average molecular weight is 229 g/mol. The molecule has 2 N–H and O–H groups in total. The highest BCUT2D eigenvalue weighted by Crippen LogP contribution is 2.24. The van der Waals surface area contributed by atoms with Gasteiger partial charge >= 0.3 is 0 Å². The number of hydrogen-bond acceptors (Lipinski definition) is 4. The van der Waals surface area contributed by atoms with Crippen molar-refractivity contribution >= 4 is 23.1 Å². The molecule has 0 spiro atoms. The maximum absolute atomic E-state index is 5.90. The number of nitrogens with two attached hydrogens (primary N) is 1. The molecule has 1 heterocycles. The van der Waals surface area contributed by atoms with Gasteiger partial charge in [-0.2, -0.15) is 4.98 Å². The summed E-state index contributed by atoms with van der Waals surface area (Å²) in [6, 6.07) is 0. The fourth-order valence-electron chi connectivity index (χ4n) is 1.46. The Hall–Kier alpha value is -1.03. The first kappa shape index (κ1) is 12.0. The molecular weight excluding hydrogens is 212 g/mol. The van der Waals surface area contributed by atoms with E-state index in [-0.39, 0.29) is 5.28 Å². The third-order valence-corrected chi connectivity index (χ3v) is 2.26. The number of anilines is 2. The van der Waals surface area contributed by atoms with Crippen LogP contribution < -0.4 is 10.6 Å². The zero-order valence-corrected chi connectivity index (χ0v) is 10.3. The van der Waals surface area contributed by atoms with E-state index >= 15 is 0 Å². The molecule has 0 aliphatic carbocycles. The summed E-state index contributed by atoms with van der Waals surface area (Å²) in [7, 11) is 1.95. The molecule has 0 aliphatic rings. The molecule has 0 amide bonds. The predicted molar refractivity (Wildman–Crippen MR) is 64.3 cm³/mol. The van der Waals surface area contributed by atoms with Crippen molar-refractivity contribution in [1.29, 1.82) is 0 Å². The Morgan fingerprint density at radius 3 is 2.53 bits per heavy atom. The van der Waals surface area contributed by atoms with Crippen molar-refractivity contribution in [3.05, 3.63) is 11.0 Å². The summed E-state index contributed by atoms with van der Waals surface area (Å²) in [6.45, 7) is 7.00. The van der Waals surface area contributed by atoms with Gasteiger partial charge in [0.2, 0.25) is 5.28 Å². The number of aryl methyl sites for hydroxylation is 1. The molecule has 0 atom stereocenters. The second-order valence-electron chi connectivity index (χ2n) is 4.09. The normalized spacial score (nSPS) is 10.8. The van der Waals surface area contributed by atoms with Crippen molar-refractivity contribution in [3.8, 4) is 0 Å². The van der Waals surface area contributed by atoms with Gasteiger partial charge in [-0.25, -0.2) is 4.98 Å². The van der Waals surface area contributed by atoms with Crippen LogP contribution in [0, 0.1) is 12.8 Å². The second-order valence-corrected chi connectivity index (χ2v) is 4.43. The lowest BCUT2D eigenvalue weighted by Gasteiger charge is -2.22. The third kappa shape index (κ3) is 2.96. The molecule has 1 rings (SSSR count). The molecule has 15 heavy (non-hydrogen) atoms. The molecule has 1 aromatic rings. The van der Waals surface area contributed by atoms with E-state index in [4.69, 9.17) is 17.3 Å². The fourth-order valence-corrected chi connectivity index (χ4v) is 1.67. The quantitative estimate of drug-likeness (QED) is 0.806. The summed E-state index contributed by atoms with van der Waals surface area (Å²) in [5.74, 6) is 1.25. The van der Waals surface area contributed by atoms with Gasteiger partial charge in [0.15, 0.2) is 5.82 Å². The minimum absolute atomic E-state index is 0.243. The average Bonchev–Trinajstić information content (AvgIpc) is 2.09. The lowest BCUT2D eigenvalue weighted by atomic mass is 10.2. The number of nitrogens with zero attached hydrogens (tertiary/aromatic N) is 3. The summed E-state index contributed by atoms with van der Waals surface area (Å²) in [5, 5.41) is 0.243. The van der Waals surface area contributed by atoms with Gasteiger partial charge in [-0.3, -0.25) is 0 Å². The molecular formula is C10H17ClN4. The van der Waals surface area contributed by atoms with Crippen LogP contribution in [-0.2, 0) is 0 Å². The Morgan fingerprint density at radius 2 is 2.00 bits per heavy atom. The topological polar surface area (TPSA) is 55.0 Å². The molecule has 0 aromatic carbocycles. The number of hydrogen-bond donors (Lipinski definition) is 1. The van der Waals surface area contributed by atoms with E-state index in [1.54, 1.807) is 0 Å². The Bertz CT molecular complexity index is 352. The van der Waals surface area contributed by atoms with E-state index < -0.39 is 0 Å². The number of aromatic nitrogens is 2. The highest BCUT2D eigenvalue weighted by molar-refractivity contribution is 6.28. The SMILES string of the molecule is Cc1nc(Cl)nc(N(C)CC(C)C)c1N. The third-order valence-electron chi connectivity index (χ3n) is 2.09. The maximum Gasteiger partial charge on any atom is 0.224 e. The minimum atomic E-state index is 0.243. The van der Waals surface area contributed by atoms with E-state index in [0.29, 0.717) is 17.4 Å². The molecule has 0 unspecified atom stereocenters. The zero-order valence-electron chi connectivity index (χ0n) is 9.58. The Balaban J connectivity index is 3.02. The van der Waals surface area contributed by atoms with E-state index in [0.717, 1.165) is 12.2 Å². The van der Waals surface area contributed by atoms with Crippen molar-refractivity contribution in [3.63, 3.8) is 0 Å². The van der Waals surface area contributed by atoms with Crippen molar-refractivity contribution in [2.24, 2.45) is 5.92 Å². The molecule has 0 saturated carbocycles. The zero-order chi connectivity index (χ0) is 11.6. The fraction of sp³-hybridized carbons (Fsp3) is 0.600. The summed E-state index contributed by atoms with van der Waals surface area (Å²) in [6.07, 6.45) is 0. The van der Waals surface area contributed by atoms with Gasteiger partial charge in [-0.05, 0) is 24.4 Å². The number of rotatable bonds is 3. The van der Waals surface area contributed by atoms with Crippen molar-refractivity contribution in [2.75, 3.05) is 24.2 Å². The molecule has 1 aromatic heterocycles. The second kappa shape index (κ2) is 4.66. The summed E-state index contributed by atoms with van der Waals surface area (Å²) in [5.41, 5.74) is 7.23. The van der Waals surface area contributed by atoms with Crippen LogP contribution in [0.2, 0.25) is 5.28 Å². The number of nitrogen functional groups attached to an aromatic ring is 1. The Morgan fingerprint density at radius 1 is 1.40 bits per heavy atom. The predicted octanol–water partition coefficient (Wildman–Crippen LogP) is 2.11. The van der Waals surface area contributed by atoms with Crippen LogP contribution in [0.15, 0.2) is 0 Å². The molecule has 0 fully saturated rings. The van der Waals surface area contributed by atoms with Crippen LogP contribution in [0.25, 0.3) is 0 Å². The van der Waals surface area contributed by atoms with Gasteiger partial charge < -0.3 is 10.6 Å². The van der Waals surface area contributed by atoms with Crippen molar-refractivity contribution < 1.29 is 0 Å². The first-order valence-corrected chi connectivity index (χ1v) is 5.30. The van der Waals surface area contributed by atoms with Gasteiger partial charge in [0.25, 0.3) is 0 Å². The Labute approximate surface area is 95.5 Å². The molecule has 0 radical (unpaired) electrons. The van der Waals surface area contributed by atoms with Crippen LogP contribution >= 0.6 is 11.6 Å². The molecule has 84 valence electrons. The van der Waals surface area contributed by atoms with Crippen LogP contribution in [0.3, 0.4) is 0 Å². The molecule has 0 bridgehead atoms. The van der Waals surface area contributed by atoms with Gasteiger partial charge in [0.1, 0.15) is 0 Å². The Kier molecular flexibility index (Phi) is 3.74. The van der Waals surface area contributed by atoms with Gasteiger partial charge in [0.05, 0.1) is 11.4 Å². The molecule has 5 heteroatoms. The van der Waals surface area contributed by atoms with Crippen molar-refractivity contribution in [2.45, 2.75) is 20.8 Å². The number of halogens is 1. The summed E-state index contributed by atoms with van der Waals surface area (Å²) in [4.78, 5) is 10.1. The van der Waals surface area contributed by atoms with Crippen LogP contribution in [0.5, 0.6) is 0 Å².